The summed E-state index contributed by atoms with van der Waals surface area (Å²) in [4.78, 5) is 16.6. The van der Waals surface area contributed by atoms with E-state index in [1.54, 1.807) is 18.2 Å². The van der Waals surface area contributed by atoms with Crippen molar-refractivity contribution in [3.05, 3.63) is 33.1 Å². The van der Waals surface area contributed by atoms with Crippen LogP contribution in [0, 0.1) is 0 Å². The van der Waals surface area contributed by atoms with Crippen LogP contribution in [0.4, 0.5) is 16.6 Å². The van der Waals surface area contributed by atoms with Crippen LogP contribution in [0.15, 0.2) is 18.2 Å². The zero-order valence-electron chi connectivity index (χ0n) is 10.5. The molecular formula is C12H12Cl2N4OS. The number of hydrogen-bond acceptors (Lipinski definition) is 5. The number of anilines is 3. The summed E-state index contributed by atoms with van der Waals surface area (Å²) in [5.74, 6) is -0.217. The van der Waals surface area contributed by atoms with Crippen molar-refractivity contribution in [2.45, 2.75) is 6.92 Å². The molecular weight excluding hydrogens is 319 g/mol. The molecule has 0 fully saturated rings. The van der Waals surface area contributed by atoms with Crippen LogP contribution in [-0.2, 0) is 0 Å². The molecule has 0 radical (unpaired) electrons. The predicted octanol–water partition coefficient (Wildman–Crippen LogP) is 3.72. The molecule has 1 amide bonds. The molecule has 0 saturated heterocycles. The normalized spacial score (nSPS) is 10.3. The Morgan fingerprint density at radius 3 is 2.65 bits per heavy atom. The summed E-state index contributed by atoms with van der Waals surface area (Å²) in [6.45, 7) is 2.63. The summed E-state index contributed by atoms with van der Waals surface area (Å²) < 4.78 is 0. The van der Waals surface area contributed by atoms with Gasteiger partial charge in [0, 0.05) is 6.54 Å². The van der Waals surface area contributed by atoms with Crippen LogP contribution < -0.4 is 16.4 Å². The van der Waals surface area contributed by atoms with Crippen molar-refractivity contribution in [2.75, 3.05) is 22.9 Å². The number of nitrogens with one attached hydrogen (secondary N) is 2. The van der Waals surface area contributed by atoms with E-state index in [1.165, 1.54) is 11.3 Å². The van der Waals surface area contributed by atoms with E-state index in [0.717, 1.165) is 0 Å². The number of para-hydroxylation sites is 1. The highest BCUT2D eigenvalue weighted by atomic mass is 35.5. The lowest BCUT2D eigenvalue weighted by Crippen LogP contribution is -2.12. The molecule has 0 aliphatic carbocycles. The van der Waals surface area contributed by atoms with Crippen molar-refractivity contribution in [2.24, 2.45) is 0 Å². The van der Waals surface area contributed by atoms with Gasteiger partial charge in [0.05, 0.1) is 15.7 Å². The highest BCUT2D eigenvalue weighted by Crippen LogP contribution is 2.32. The number of nitrogen functional groups attached to an aromatic ring is 1. The third-order valence-corrected chi connectivity index (χ3v) is 4.05. The average molecular weight is 331 g/mol. The van der Waals surface area contributed by atoms with Crippen molar-refractivity contribution in [3.8, 4) is 0 Å². The fraction of sp³-hybridized carbons (Fsp3) is 0.167. The molecule has 2 rings (SSSR count). The molecule has 4 N–H and O–H groups in total. The molecule has 0 atom stereocenters. The Morgan fingerprint density at radius 2 is 2.05 bits per heavy atom. The smallest absolute Gasteiger partial charge is 0.269 e. The lowest BCUT2D eigenvalue weighted by molar-refractivity contribution is 0.103. The van der Waals surface area contributed by atoms with Crippen LogP contribution in [0.5, 0.6) is 0 Å². The Labute approximate surface area is 130 Å². The first kappa shape index (κ1) is 14.9. The number of hydrogen-bond donors (Lipinski definition) is 3. The van der Waals surface area contributed by atoms with Gasteiger partial charge < -0.3 is 16.4 Å². The number of amides is 1. The lowest BCUT2D eigenvalue weighted by atomic mass is 10.3. The zero-order valence-corrected chi connectivity index (χ0v) is 12.9. The number of nitrogens with two attached hydrogens (primary N) is 1. The molecule has 106 valence electrons. The molecule has 0 unspecified atom stereocenters. The molecule has 1 aromatic heterocycles. The average Bonchev–Trinajstić information content (AvgIpc) is 2.75. The molecule has 1 aromatic carbocycles. The molecule has 0 aliphatic rings. The zero-order chi connectivity index (χ0) is 14.7. The second-order valence-corrected chi connectivity index (χ2v) is 5.63. The second kappa shape index (κ2) is 6.30. The molecule has 8 heteroatoms. The van der Waals surface area contributed by atoms with E-state index < -0.39 is 0 Å². The molecule has 0 aliphatic heterocycles. The Hall–Kier alpha value is -1.50. The number of aromatic nitrogens is 1. The van der Waals surface area contributed by atoms with Gasteiger partial charge in [-0.05, 0) is 19.1 Å². The maximum atomic E-state index is 12.2. The van der Waals surface area contributed by atoms with Gasteiger partial charge >= 0.3 is 0 Å². The second-order valence-electron chi connectivity index (χ2n) is 3.81. The molecule has 0 bridgehead atoms. The van der Waals surface area contributed by atoms with Crippen molar-refractivity contribution < 1.29 is 4.79 Å². The van der Waals surface area contributed by atoms with Gasteiger partial charge in [0.2, 0.25) is 0 Å². The molecule has 2 aromatic rings. The van der Waals surface area contributed by atoms with Crippen LogP contribution in [0.3, 0.4) is 0 Å². The third-order valence-electron chi connectivity index (χ3n) is 2.39. The quantitative estimate of drug-likeness (QED) is 0.798. The molecule has 0 spiro atoms. The Morgan fingerprint density at radius 1 is 1.40 bits per heavy atom. The fourth-order valence-electron chi connectivity index (χ4n) is 1.51. The van der Waals surface area contributed by atoms with E-state index in [9.17, 15) is 4.79 Å². The van der Waals surface area contributed by atoms with Crippen LogP contribution in [0.25, 0.3) is 0 Å². The number of halogens is 2. The Bertz CT molecular complexity index is 624. The van der Waals surface area contributed by atoms with Crippen molar-refractivity contribution >= 4 is 57.1 Å². The Kier molecular flexibility index (Phi) is 4.69. The summed E-state index contributed by atoms with van der Waals surface area (Å²) in [7, 11) is 0. The number of carbonyl (C=O) groups is 1. The maximum absolute atomic E-state index is 12.2. The van der Waals surface area contributed by atoms with Crippen LogP contribution in [0.1, 0.15) is 16.6 Å². The number of benzene rings is 1. The highest BCUT2D eigenvalue weighted by molar-refractivity contribution is 7.18. The van der Waals surface area contributed by atoms with E-state index >= 15 is 0 Å². The van der Waals surface area contributed by atoms with Crippen LogP contribution in [0.2, 0.25) is 10.0 Å². The maximum Gasteiger partial charge on any atom is 0.269 e. The van der Waals surface area contributed by atoms with Gasteiger partial charge in [-0.25, -0.2) is 4.98 Å². The third kappa shape index (κ3) is 3.15. The number of thiazole rings is 1. The van der Waals surface area contributed by atoms with Crippen molar-refractivity contribution in [3.63, 3.8) is 0 Å². The monoisotopic (exact) mass is 330 g/mol. The lowest BCUT2D eigenvalue weighted by Gasteiger charge is -2.07. The number of carbonyl (C=O) groups excluding carboxylic acids is 1. The predicted molar refractivity (Wildman–Crippen MR) is 85.1 cm³/mol. The minimum atomic E-state index is -0.390. The van der Waals surface area contributed by atoms with Crippen molar-refractivity contribution in [1.82, 2.24) is 4.98 Å². The van der Waals surface area contributed by atoms with E-state index in [2.05, 4.69) is 15.6 Å². The van der Waals surface area contributed by atoms with E-state index in [0.29, 0.717) is 32.3 Å². The van der Waals surface area contributed by atoms with Gasteiger partial charge in [-0.15, -0.1) is 0 Å². The van der Waals surface area contributed by atoms with Gasteiger partial charge in [0.1, 0.15) is 10.7 Å². The number of nitrogens with zero attached hydrogens (tertiary/aromatic N) is 1. The first-order valence-corrected chi connectivity index (χ1v) is 7.35. The first-order chi connectivity index (χ1) is 9.52. The first-order valence-electron chi connectivity index (χ1n) is 5.78. The summed E-state index contributed by atoms with van der Waals surface area (Å²) in [6.07, 6.45) is 0. The molecule has 1 heterocycles. The van der Waals surface area contributed by atoms with Crippen LogP contribution >= 0.6 is 34.5 Å². The molecule has 5 nitrogen and oxygen atoms in total. The number of rotatable bonds is 4. The van der Waals surface area contributed by atoms with Crippen molar-refractivity contribution in [1.29, 1.82) is 0 Å². The van der Waals surface area contributed by atoms with E-state index in [-0.39, 0.29) is 11.7 Å². The largest absolute Gasteiger partial charge is 0.382 e. The van der Waals surface area contributed by atoms with Gasteiger partial charge in [-0.3, -0.25) is 4.79 Å². The summed E-state index contributed by atoms with van der Waals surface area (Å²) in [5, 5.41) is 6.98. The van der Waals surface area contributed by atoms with Gasteiger partial charge in [-0.1, -0.05) is 40.6 Å². The highest BCUT2D eigenvalue weighted by Gasteiger charge is 2.18. The molecule has 0 saturated carbocycles. The van der Waals surface area contributed by atoms with E-state index in [1.807, 2.05) is 6.92 Å². The summed E-state index contributed by atoms with van der Waals surface area (Å²) in [5.41, 5.74) is 6.09. The standard InChI is InChI=1S/C12H12Cl2N4OS/c1-2-16-12-18-10(15)9(20-12)11(19)17-8-6(13)4-3-5-7(8)14/h3-5H,2,15H2,1H3,(H,16,18)(H,17,19). The van der Waals surface area contributed by atoms with Gasteiger partial charge in [-0.2, -0.15) is 0 Å². The minimum absolute atomic E-state index is 0.173. The Balaban J connectivity index is 2.24. The van der Waals surface area contributed by atoms with Crippen LogP contribution in [-0.4, -0.2) is 17.4 Å². The summed E-state index contributed by atoms with van der Waals surface area (Å²) in [6, 6.07) is 4.98. The van der Waals surface area contributed by atoms with Gasteiger partial charge in [0.15, 0.2) is 5.13 Å². The SMILES string of the molecule is CCNc1nc(N)c(C(=O)Nc2c(Cl)cccc2Cl)s1. The molecule has 20 heavy (non-hydrogen) atoms. The summed E-state index contributed by atoms with van der Waals surface area (Å²) >= 11 is 13.2. The topological polar surface area (TPSA) is 80.0 Å². The van der Waals surface area contributed by atoms with Gasteiger partial charge in [0.25, 0.3) is 5.91 Å². The fourth-order valence-corrected chi connectivity index (χ4v) is 2.85. The minimum Gasteiger partial charge on any atom is -0.382 e. The van der Waals surface area contributed by atoms with E-state index in [4.69, 9.17) is 28.9 Å².